The van der Waals surface area contributed by atoms with E-state index in [1.165, 1.54) is 12.1 Å². The predicted molar refractivity (Wildman–Crippen MR) is 59.9 cm³/mol. The molecule has 0 radical (unpaired) electrons. The van der Waals surface area contributed by atoms with Gasteiger partial charge in [-0.05, 0) is 37.1 Å². The maximum atomic E-state index is 12.2. The first-order valence-corrected chi connectivity index (χ1v) is 5.05. The van der Waals surface area contributed by atoms with Crippen LogP contribution in [-0.2, 0) is 0 Å². The topological polar surface area (TPSA) is 12.4 Å². The Morgan fingerprint density at radius 1 is 1.19 bits per heavy atom. The number of aryl methyl sites for hydroxylation is 2. The van der Waals surface area contributed by atoms with Crippen LogP contribution in [0.15, 0.2) is 17.1 Å². The van der Waals surface area contributed by atoms with Crippen LogP contribution in [0.4, 0.5) is 18.9 Å². The summed E-state index contributed by atoms with van der Waals surface area (Å²) in [6.45, 7) is 3.25. The van der Waals surface area contributed by atoms with Crippen LogP contribution in [0.3, 0.4) is 0 Å². The highest BCUT2D eigenvalue weighted by molar-refractivity contribution is 6.67. The van der Waals surface area contributed by atoms with Crippen LogP contribution in [0.25, 0.3) is 0 Å². The Kier molecular flexibility index (Phi) is 3.86. The van der Waals surface area contributed by atoms with Crippen LogP contribution in [0, 0.1) is 13.8 Å². The molecule has 1 nitrogen and oxygen atoms in total. The molecule has 6 heteroatoms. The van der Waals surface area contributed by atoms with Crippen molar-refractivity contribution in [2.24, 2.45) is 4.99 Å². The standard InChI is InChI=1S/C10H8Cl2F3N/c1-5-3-7(11)4-6(2)8(5)16-9(12)10(13,14)15/h3-4H,1-2H3. The van der Waals surface area contributed by atoms with Crippen LogP contribution in [0.1, 0.15) is 11.1 Å². The Morgan fingerprint density at radius 2 is 1.62 bits per heavy atom. The van der Waals surface area contributed by atoms with Crippen LogP contribution >= 0.6 is 23.2 Å². The lowest BCUT2D eigenvalue weighted by Crippen LogP contribution is -2.16. The lowest BCUT2D eigenvalue weighted by atomic mass is 10.1. The normalized spacial score (nSPS) is 13.1. The highest BCUT2D eigenvalue weighted by atomic mass is 35.5. The molecule has 0 aliphatic rings. The molecule has 0 N–H and O–H groups in total. The summed E-state index contributed by atoms with van der Waals surface area (Å²) in [6.07, 6.45) is -4.62. The Morgan fingerprint density at radius 3 is 2.00 bits per heavy atom. The quantitative estimate of drug-likeness (QED) is 0.650. The molecule has 0 atom stereocenters. The van der Waals surface area contributed by atoms with Gasteiger partial charge in [-0.3, -0.25) is 0 Å². The number of nitrogens with zero attached hydrogens (tertiary/aromatic N) is 1. The molecule has 0 saturated heterocycles. The third kappa shape index (κ3) is 3.12. The summed E-state index contributed by atoms with van der Waals surface area (Å²) >= 11 is 10.8. The summed E-state index contributed by atoms with van der Waals surface area (Å²) in [7, 11) is 0. The lowest BCUT2D eigenvalue weighted by Gasteiger charge is -2.08. The van der Waals surface area contributed by atoms with Gasteiger partial charge in [0.1, 0.15) is 0 Å². The van der Waals surface area contributed by atoms with Gasteiger partial charge in [-0.25, -0.2) is 4.99 Å². The van der Waals surface area contributed by atoms with Crippen LogP contribution in [0.5, 0.6) is 0 Å². The second-order valence-corrected chi connectivity index (χ2v) is 4.08. The van der Waals surface area contributed by atoms with Crippen molar-refractivity contribution in [2.45, 2.75) is 20.0 Å². The van der Waals surface area contributed by atoms with E-state index in [4.69, 9.17) is 23.2 Å². The third-order valence-corrected chi connectivity index (χ3v) is 2.42. The minimum absolute atomic E-state index is 0.201. The van der Waals surface area contributed by atoms with Crippen molar-refractivity contribution in [1.82, 2.24) is 0 Å². The summed E-state index contributed by atoms with van der Waals surface area (Å²) in [5, 5.41) is -0.932. The minimum atomic E-state index is -4.62. The van der Waals surface area contributed by atoms with Crippen molar-refractivity contribution in [2.75, 3.05) is 0 Å². The summed E-state index contributed by atoms with van der Waals surface area (Å²) < 4.78 is 36.6. The molecule has 0 bridgehead atoms. The second kappa shape index (κ2) is 4.63. The average molecular weight is 270 g/mol. The fourth-order valence-corrected chi connectivity index (χ4v) is 1.65. The van der Waals surface area contributed by atoms with Gasteiger partial charge >= 0.3 is 6.18 Å². The van der Waals surface area contributed by atoms with Crippen molar-refractivity contribution >= 4 is 34.1 Å². The molecule has 16 heavy (non-hydrogen) atoms. The van der Waals surface area contributed by atoms with Gasteiger partial charge in [-0.2, -0.15) is 13.2 Å². The molecule has 0 aliphatic carbocycles. The van der Waals surface area contributed by atoms with Crippen molar-refractivity contribution in [3.8, 4) is 0 Å². The van der Waals surface area contributed by atoms with E-state index < -0.39 is 11.3 Å². The smallest absolute Gasteiger partial charge is 0.232 e. The Bertz CT molecular complexity index is 415. The Balaban J connectivity index is 3.26. The van der Waals surface area contributed by atoms with E-state index in [-0.39, 0.29) is 5.69 Å². The molecule has 0 amide bonds. The zero-order chi connectivity index (χ0) is 12.5. The van der Waals surface area contributed by atoms with Crippen LogP contribution in [0.2, 0.25) is 5.02 Å². The van der Waals surface area contributed by atoms with Gasteiger partial charge in [0.2, 0.25) is 5.17 Å². The van der Waals surface area contributed by atoms with Gasteiger partial charge in [0.15, 0.2) is 0 Å². The van der Waals surface area contributed by atoms with E-state index in [1.807, 2.05) is 0 Å². The molecule has 0 unspecified atom stereocenters. The van der Waals surface area contributed by atoms with E-state index in [2.05, 4.69) is 4.99 Å². The zero-order valence-corrected chi connectivity index (χ0v) is 10.0. The predicted octanol–water partition coefficient (Wildman–Crippen LogP) is 4.79. The molecule has 0 aromatic heterocycles. The molecule has 0 fully saturated rings. The van der Waals surface area contributed by atoms with E-state index in [0.717, 1.165) is 0 Å². The summed E-state index contributed by atoms with van der Waals surface area (Å²) in [6, 6.07) is 3.07. The lowest BCUT2D eigenvalue weighted by molar-refractivity contribution is -0.0558. The molecular weight excluding hydrogens is 262 g/mol. The van der Waals surface area contributed by atoms with Gasteiger partial charge in [0.05, 0.1) is 5.69 Å². The van der Waals surface area contributed by atoms with Crippen molar-refractivity contribution in [3.05, 3.63) is 28.3 Å². The first kappa shape index (κ1) is 13.3. The van der Waals surface area contributed by atoms with E-state index in [1.54, 1.807) is 13.8 Å². The molecule has 0 spiro atoms. The molecule has 1 rings (SSSR count). The first-order valence-electron chi connectivity index (χ1n) is 4.30. The third-order valence-electron chi connectivity index (χ3n) is 1.90. The Labute approximate surface area is 101 Å². The van der Waals surface area contributed by atoms with Gasteiger partial charge < -0.3 is 0 Å². The second-order valence-electron chi connectivity index (χ2n) is 3.29. The fourth-order valence-electron chi connectivity index (χ4n) is 1.24. The molecule has 0 heterocycles. The highest BCUT2D eigenvalue weighted by Crippen LogP contribution is 2.30. The molecule has 0 saturated carbocycles. The largest absolute Gasteiger partial charge is 0.444 e. The van der Waals surface area contributed by atoms with Crippen LogP contribution < -0.4 is 0 Å². The molecule has 88 valence electrons. The number of benzene rings is 1. The van der Waals surface area contributed by atoms with Gasteiger partial charge in [0.25, 0.3) is 0 Å². The molecule has 0 aliphatic heterocycles. The first-order chi connectivity index (χ1) is 7.21. The highest BCUT2D eigenvalue weighted by Gasteiger charge is 2.34. The van der Waals surface area contributed by atoms with Crippen LogP contribution in [-0.4, -0.2) is 11.3 Å². The van der Waals surface area contributed by atoms with Gasteiger partial charge in [0, 0.05) is 5.02 Å². The number of rotatable bonds is 1. The number of hydrogen-bond acceptors (Lipinski definition) is 1. The van der Waals surface area contributed by atoms with Gasteiger partial charge in [-0.15, -0.1) is 0 Å². The summed E-state index contributed by atoms with van der Waals surface area (Å²) in [4.78, 5) is 3.37. The average Bonchev–Trinajstić information content (AvgIpc) is 2.08. The van der Waals surface area contributed by atoms with E-state index >= 15 is 0 Å². The minimum Gasteiger partial charge on any atom is -0.232 e. The maximum absolute atomic E-state index is 12.2. The number of alkyl halides is 3. The van der Waals surface area contributed by atoms with Crippen molar-refractivity contribution < 1.29 is 13.2 Å². The Hall–Kier alpha value is -0.740. The number of hydrogen-bond donors (Lipinski definition) is 0. The summed E-state index contributed by atoms with van der Waals surface area (Å²) in [5.74, 6) is 0. The van der Waals surface area contributed by atoms with E-state index in [0.29, 0.717) is 16.1 Å². The maximum Gasteiger partial charge on any atom is 0.444 e. The molecule has 1 aromatic carbocycles. The fraction of sp³-hybridized carbons (Fsp3) is 0.300. The van der Waals surface area contributed by atoms with Crippen molar-refractivity contribution in [1.29, 1.82) is 0 Å². The SMILES string of the molecule is Cc1cc(Cl)cc(C)c1N=C(Cl)C(F)(F)F. The number of aliphatic imine (C=N–C) groups is 1. The number of halogens is 5. The summed E-state index contributed by atoms with van der Waals surface area (Å²) in [5.41, 5.74) is 1.30. The van der Waals surface area contributed by atoms with Crippen molar-refractivity contribution in [3.63, 3.8) is 0 Å². The zero-order valence-electron chi connectivity index (χ0n) is 8.49. The van der Waals surface area contributed by atoms with Gasteiger partial charge in [-0.1, -0.05) is 23.2 Å². The monoisotopic (exact) mass is 269 g/mol. The van der Waals surface area contributed by atoms with E-state index in [9.17, 15) is 13.2 Å². The molecule has 1 aromatic rings. The molecular formula is C10H8Cl2F3N.